The van der Waals surface area contributed by atoms with Crippen molar-refractivity contribution in [1.29, 1.82) is 0 Å². The molecule has 0 aliphatic rings. The molecule has 0 N–H and O–H groups in total. The Morgan fingerprint density at radius 3 is 0.892 bits per heavy atom. The summed E-state index contributed by atoms with van der Waals surface area (Å²) >= 11 is 0. The van der Waals surface area contributed by atoms with E-state index >= 15 is 0 Å². The van der Waals surface area contributed by atoms with Gasteiger partial charge >= 0.3 is 26.2 Å². The molecule has 0 heterocycles. The molecule has 0 saturated heterocycles. The fourth-order valence-corrected chi connectivity index (χ4v) is 5.30. The standard InChI is InChI=1S/2C14H11O3P.Zr/c2*15-18(16,17)14-6-5-12-7-10-3-1-2-4-11(10)8-13(12)9-14;/h2*1-9H,(H2,15,16,17);/q;;+4/p-4. The first-order valence-electron chi connectivity index (χ1n) is 11.0. The summed E-state index contributed by atoms with van der Waals surface area (Å²) in [7, 11) is -9.37. The molecule has 0 spiro atoms. The van der Waals surface area contributed by atoms with Crippen LogP contribution in [0, 0.1) is 0 Å². The van der Waals surface area contributed by atoms with E-state index in [9.17, 15) is 29.4 Å². The fourth-order valence-electron chi connectivity index (χ4n) is 4.20. The third-order valence-corrected chi connectivity index (χ3v) is 7.83. The Balaban J connectivity index is 0.000000168. The molecule has 6 aromatic carbocycles. The van der Waals surface area contributed by atoms with Gasteiger partial charge in [-0.3, -0.25) is 0 Å². The largest absolute Gasteiger partial charge is 4.00 e. The van der Waals surface area contributed by atoms with Gasteiger partial charge in [-0.2, -0.15) is 0 Å². The van der Waals surface area contributed by atoms with Gasteiger partial charge in [-0.25, -0.2) is 0 Å². The first-order valence-corrected chi connectivity index (χ1v) is 14.1. The van der Waals surface area contributed by atoms with Crippen molar-refractivity contribution < 1.29 is 55.6 Å². The number of rotatable bonds is 2. The average Bonchev–Trinajstić information content (AvgIpc) is 2.84. The molecule has 6 aromatic rings. The molecule has 37 heavy (non-hydrogen) atoms. The van der Waals surface area contributed by atoms with Gasteiger partial charge in [0.25, 0.3) is 0 Å². The predicted octanol–water partition coefficient (Wildman–Crippen LogP) is 0.921. The van der Waals surface area contributed by atoms with Crippen LogP contribution >= 0.6 is 15.9 Å². The zero-order valence-corrected chi connectivity index (χ0v) is 23.5. The molecule has 0 radical (unpaired) electrons. The van der Waals surface area contributed by atoms with Gasteiger partial charge in [-0.05, 0) is 91.6 Å². The van der Waals surface area contributed by atoms with Crippen LogP contribution in [-0.4, -0.2) is 0 Å². The zero-order chi connectivity index (χ0) is 25.5. The topological polar surface area (TPSA) is 138 Å². The smallest absolute Gasteiger partial charge is 0.683 e. The van der Waals surface area contributed by atoms with E-state index in [-0.39, 0.29) is 36.8 Å². The van der Waals surface area contributed by atoms with Crippen LogP contribution in [0.4, 0.5) is 0 Å². The van der Waals surface area contributed by atoms with Crippen LogP contribution in [0.25, 0.3) is 43.1 Å². The molecule has 9 heteroatoms. The Kier molecular flexibility index (Phi) is 8.23. The van der Waals surface area contributed by atoms with E-state index in [2.05, 4.69) is 0 Å². The molecular weight excluding hydrogens is 585 g/mol. The van der Waals surface area contributed by atoms with Gasteiger partial charge in [0.15, 0.2) is 0 Å². The molecule has 0 aliphatic carbocycles. The van der Waals surface area contributed by atoms with Crippen molar-refractivity contribution in [3.63, 3.8) is 0 Å². The number of fused-ring (bicyclic) bond motifs is 4. The maximum atomic E-state index is 11.0. The normalized spacial score (nSPS) is 11.8. The average molecular weight is 604 g/mol. The van der Waals surface area contributed by atoms with E-state index < -0.39 is 15.9 Å². The minimum Gasteiger partial charge on any atom is -0.683 e. The van der Waals surface area contributed by atoms with Gasteiger partial charge in [0, 0.05) is 0 Å². The molecule has 0 unspecified atom stereocenters. The summed E-state index contributed by atoms with van der Waals surface area (Å²) < 4.78 is 0. The Labute approximate surface area is 233 Å². The molecule has 6 rings (SSSR count). The first-order chi connectivity index (χ1) is 17.1. The molecule has 0 saturated carbocycles. The third-order valence-electron chi connectivity index (χ3n) is 6.01. The minimum atomic E-state index is -4.68. The Hall–Kier alpha value is -2.14. The second-order valence-corrected chi connectivity index (χ2v) is 11.5. The van der Waals surface area contributed by atoms with Crippen molar-refractivity contribution in [3.05, 3.63) is 109 Å². The van der Waals surface area contributed by atoms with E-state index in [4.69, 9.17) is 0 Å². The van der Waals surface area contributed by atoms with E-state index in [1.807, 2.05) is 72.8 Å². The van der Waals surface area contributed by atoms with Gasteiger partial charge < -0.3 is 29.4 Å². The van der Waals surface area contributed by atoms with Crippen molar-refractivity contribution in [2.75, 3.05) is 0 Å². The quantitative estimate of drug-likeness (QED) is 0.213. The van der Waals surface area contributed by atoms with Crippen LogP contribution in [-0.2, 0) is 26.2 Å². The van der Waals surface area contributed by atoms with E-state index in [0.29, 0.717) is 0 Å². The van der Waals surface area contributed by atoms with Gasteiger partial charge in [0.05, 0.1) is 10.6 Å². The van der Waals surface area contributed by atoms with Gasteiger partial charge in [0.2, 0.25) is 0 Å². The molecule has 0 aromatic heterocycles. The molecule has 0 amide bonds. The second-order valence-electron chi connectivity index (χ2n) is 8.46. The molecule has 0 fully saturated rings. The molecule has 0 aliphatic heterocycles. The van der Waals surface area contributed by atoms with E-state index in [1.54, 1.807) is 12.1 Å². The SMILES string of the molecule is [O-][P+]([O-])([O-])c1ccc2cc3ccccc3cc2c1.[O-][P+]([O-])([O-])c1ccc2cc3ccccc3cc2c1.[Zr+4]. The summed E-state index contributed by atoms with van der Waals surface area (Å²) in [4.78, 5) is 66.1. The summed E-state index contributed by atoms with van der Waals surface area (Å²) in [6.07, 6.45) is 0. The van der Waals surface area contributed by atoms with Gasteiger partial charge in [0.1, 0.15) is 0 Å². The predicted molar refractivity (Wildman–Crippen MR) is 136 cm³/mol. The molecular formula is C28H18O6P2Zr. The van der Waals surface area contributed by atoms with Crippen LogP contribution in [0.3, 0.4) is 0 Å². The van der Waals surface area contributed by atoms with Crippen molar-refractivity contribution in [1.82, 2.24) is 0 Å². The molecule has 6 nitrogen and oxygen atoms in total. The van der Waals surface area contributed by atoms with Gasteiger partial charge in [-0.1, -0.05) is 60.7 Å². The van der Waals surface area contributed by atoms with E-state index in [0.717, 1.165) is 43.1 Å². The number of benzene rings is 6. The summed E-state index contributed by atoms with van der Waals surface area (Å²) in [5, 5.41) is 7.27. The van der Waals surface area contributed by atoms with Crippen molar-refractivity contribution >= 4 is 69.6 Å². The monoisotopic (exact) mass is 602 g/mol. The molecule has 180 valence electrons. The van der Waals surface area contributed by atoms with Crippen LogP contribution in [0.5, 0.6) is 0 Å². The second kappa shape index (κ2) is 10.9. The van der Waals surface area contributed by atoms with Crippen LogP contribution in [0.15, 0.2) is 109 Å². The minimum absolute atomic E-state index is 0. The van der Waals surface area contributed by atoms with E-state index in [1.165, 1.54) is 24.3 Å². The Bertz CT molecular complexity index is 1600. The Morgan fingerprint density at radius 2 is 0.595 bits per heavy atom. The fraction of sp³-hybridized carbons (Fsp3) is 0. The van der Waals surface area contributed by atoms with Crippen LogP contribution in [0.1, 0.15) is 0 Å². The maximum Gasteiger partial charge on any atom is 4.00 e. The zero-order valence-electron chi connectivity index (χ0n) is 19.2. The third kappa shape index (κ3) is 6.30. The number of hydrogen-bond donors (Lipinski definition) is 0. The van der Waals surface area contributed by atoms with Crippen molar-refractivity contribution in [2.24, 2.45) is 0 Å². The van der Waals surface area contributed by atoms with Gasteiger partial charge in [-0.15, -0.1) is 15.9 Å². The Morgan fingerprint density at radius 1 is 0.324 bits per heavy atom. The molecule has 0 bridgehead atoms. The van der Waals surface area contributed by atoms with Crippen molar-refractivity contribution in [3.8, 4) is 0 Å². The first kappa shape index (κ1) is 27.9. The van der Waals surface area contributed by atoms with Crippen LogP contribution in [0.2, 0.25) is 0 Å². The summed E-state index contributed by atoms with van der Waals surface area (Å²) in [5.41, 5.74) is 0. The van der Waals surface area contributed by atoms with Crippen LogP contribution < -0.4 is 40.0 Å². The maximum absolute atomic E-state index is 11.0. The summed E-state index contributed by atoms with van der Waals surface area (Å²) in [6, 6.07) is 32.3. The van der Waals surface area contributed by atoms with Crippen molar-refractivity contribution in [2.45, 2.75) is 0 Å². The summed E-state index contributed by atoms with van der Waals surface area (Å²) in [5.74, 6) is 0. The summed E-state index contributed by atoms with van der Waals surface area (Å²) in [6.45, 7) is 0. The molecule has 0 atom stereocenters. The number of hydrogen-bond acceptors (Lipinski definition) is 6.